The highest BCUT2D eigenvalue weighted by molar-refractivity contribution is 7.99. The van der Waals surface area contributed by atoms with Crippen molar-refractivity contribution in [2.75, 3.05) is 0 Å². The molecule has 3 nitrogen and oxygen atoms in total. The summed E-state index contributed by atoms with van der Waals surface area (Å²) in [4.78, 5) is 5.30. The first-order valence-electron chi connectivity index (χ1n) is 8.59. The molecule has 0 aromatic heterocycles. The largest absolute Gasteiger partial charge is 0.293 e. The lowest BCUT2D eigenvalue weighted by molar-refractivity contribution is 0.443. The zero-order valence-electron chi connectivity index (χ0n) is 14.2. The molecular weight excluding hydrogens is 335 g/mol. The Hall–Kier alpha value is -2.14. The van der Waals surface area contributed by atoms with E-state index in [0.29, 0.717) is 16.3 Å². The number of aliphatic imine (C=N–C) groups is 1. The predicted octanol–water partition coefficient (Wildman–Crippen LogP) is 4.19. The molecule has 0 bridgehead atoms. The van der Waals surface area contributed by atoms with Crippen LogP contribution in [0.3, 0.4) is 0 Å². The van der Waals surface area contributed by atoms with Crippen LogP contribution in [0.1, 0.15) is 37.7 Å². The topological polar surface area (TPSA) is 41.5 Å². The number of hydrogen-bond acceptors (Lipinski definition) is 2. The summed E-state index contributed by atoms with van der Waals surface area (Å²) in [6.07, 6.45) is 5.41. The highest BCUT2D eigenvalue weighted by Crippen LogP contribution is 2.22. The summed E-state index contributed by atoms with van der Waals surface area (Å²) in [5, 5.41) is 0. The SMILES string of the molecule is C=S(=O)(NC(=NC1CCCCC1)c1ccccc1F)c1ccccc1. The molecular formula is C20H23FN2OS. The van der Waals surface area contributed by atoms with Crippen LogP contribution in [-0.2, 0) is 9.71 Å². The highest BCUT2D eigenvalue weighted by Gasteiger charge is 2.18. The first-order chi connectivity index (χ1) is 12.1. The number of amidine groups is 1. The van der Waals surface area contributed by atoms with Crippen LogP contribution in [0.5, 0.6) is 0 Å². The van der Waals surface area contributed by atoms with Crippen molar-refractivity contribution < 1.29 is 8.60 Å². The number of hydrogen-bond donors (Lipinski definition) is 1. The molecule has 1 unspecified atom stereocenters. The predicted molar refractivity (Wildman–Crippen MR) is 103 cm³/mol. The summed E-state index contributed by atoms with van der Waals surface area (Å²) >= 11 is 0. The zero-order chi connectivity index (χ0) is 17.7. The monoisotopic (exact) mass is 358 g/mol. The van der Waals surface area contributed by atoms with Crippen molar-refractivity contribution in [3.8, 4) is 0 Å². The van der Waals surface area contributed by atoms with Gasteiger partial charge in [-0.3, -0.25) is 9.71 Å². The van der Waals surface area contributed by atoms with Crippen LogP contribution in [0.4, 0.5) is 4.39 Å². The number of nitrogens with one attached hydrogen (secondary N) is 1. The molecule has 1 aliphatic rings. The molecule has 0 saturated heterocycles. The van der Waals surface area contributed by atoms with Crippen LogP contribution < -0.4 is 4.72 Å². The fourth-order valence-corrected chi connectivity index (χ4v) is 4.24. The van der Waals surface area contributed by atoms with Crippen molar-refractivity contribution >= 4 is 21.4 Å². The minimum atomic E-state index is -2.82. The van der Waals surface area contributed by atoms with Crippen molar-refractivity contribution in [1.29, 1.82) is 0 Å². The van der Waals surface area contributed by atoms with Crippen LogP contribution in [0.2, 0.25) is 0 Å². The second kappa shape index (κ2) is 7.83. The second-order valence-corrected chi connectivity index (χ2v) is 8.37. The quantitative estimate of drug-likeness (QED) is 0.497. The van der Waals surface area contributed by atoms with E-state index < -0.39 is 9.71 Å². The molecule has 2 aromatic carbocycles. The molecule has 1 atom stereocenters. The van der Waals surface area contributed by atoms with Gasteiger partial charge < -0.3 is 0 Å². The molecule has 1 aliphatic carbocycles. The fourth-order valence-electron chi connectivity index (χ4n) is 3.05. The number of halogens is 1. The van der Waals surface area contributed by atoms with Crippen LogP contribution in [-0.4, -0.2) is 22.0 Å². The standard InChI is InChI=1S/C20H23FN2OS/c1-25(24,17-12-6-3-7-13-17)23-20(18-14-8-9-15-19(18)21)22-16-10-4-2-5-11-16/h3,6-9,12-16H,1-2,4-5,10-11H2,(H,22,23,24). The Morgan fingerprint density at radius 3 is 2.36 bits per heavy atom. The summed E-state index contributed by atoms with van der Waals surface area (Å²) in [6, 6.07) is 15.5. The first-order valence-corrected chi connectivity index (χ1v) is 10.3. The molecule has 25 heavy (non-hydrogen) atoms. The van der Waals surface area contributed by atoms with E-state index in [-0.39, 0.29) is 11.9 Å². The summed E-state index contributed by atoms with van der Waals surface area (Å²) in [5.74, 6) is 3.79. The third-order valence-corrected chi connectivity index (χ3v) is 5.96. The van der Waals surface area contributed by atoms with Crippen LogP contribution in [0.25, 0.3) is 0 Å². The Morgan fingerprint density at radius 1 is 1.04 bits per heavy atom. The molecule has 1 N–H and O–H groups in total. The average Bonchev–Trinajstić information content (AvgIpc) is 2.63. The van der Waals surface area contributed by atoms with Crippen molar-refractivity contribution in [3.05, 3.63) is 66.0 Å². The number of benzene rings is 2. The van der Waals surface area contributed by atoms with Gasteiger partial charge in [0.2, 0.25) is 0 Å². The highest BCUT2D eigenvalue weighted by atomic mass is 32.2. The molecule has 0 spiro atoms. The van der Waals surface area contributed by atoms with Gasteiger partial charge in [0.15, 0.2) is 0 Å². The molecule has 2 aromatic rings. The molecule has 1 fully saturated rings. The maximum absolute atomic E-state index is 14.3. The molecule has 1 saturated carbocycles. The van der Waals surface area contributed by atoms with E-state index in [1.807, 2.05) is 18.2 Å². The van der Waals surface area contributed by atoms with Crippen LogP contribution in [0, 0.1) is 5.82 Å². The molecule has 3 rings (SSSR count). The van der Waals surface area contributed by atoms with Gasteiger partial charge in [-0.25, -0.2) is 8.60 Å². The minimum Gasteiger partial charge on any atom is -0.293 e. The summed E-state index contributed by atoms with van der Waals surface area (Å²) < 4.78 is 30.4. The van der Waals surface area contributed by atoms with E-state index >= 15 is 0 Å². The average molecular weight is 358 g/mol. The molecule has 0 aliphatic heterocycles. The van der Waals surface area contributed by atoms with Gasteiger partial charge in [-0.2, -0.15) is 0 Å². The summed E-state index contributed by atoms with van der Waals surface area (Å²) in [7, 11) is -2.82. The number of nitrogens with zero attached hydrogens (tertiary/aromatic N) is 1. The molecule has 0 radical (unpaired) electrons. The summed E-state index contributed by atoms with van der Waals surface area (Å²) in [6.45, 7) is 0. The van der Waals surface area contributed by atoms with Gasteiger partial charge in [0.1, 0.15) is 11.7 Å². The van der Waals surface area contributed by atoms with E-state index in [1.165, 1.54) is 12.5 Å². The Kier molecular flexibility index (Phi) is 5.53. The van der Waals surface area contributed by atoms with Crippen molar-refractivity contribution in [2.24, 2.45) is 4.99 Å². The molecule has 5 heteroatoms. The van der Waals surface area contributed by atoms with E-state index in [2.05, 4.69) is 10.6 Å². The van der Waals surface area contributed by atoms with Gasteiger partial charge in [0.25, 0.3) is 0 Å². The van der Waals surface area contributed by atoms with E-state index in [9.17, 15) is 8.60 Å². The lowest BCUT2D eigenvalue weighted by Gasteiger charge is -2.21. The maximum Gasteiger partial charge on any atom is 0.143 e. The third kappa shape index (κ3) is 4.48. The van der Waals surface area contributed by atoms with Crippen LogP contribution >= 0.6 is 0 Å². The van der Waals surface area contributed by atoms with Gasteiger partial charge >= 0.3 is 0 Å². The fraction of sp³-hybridized carbons (Fsp3) is 0.300. The smallest absolute Gasteiger partial charge is 0.143 e. The lowest BCUT2D eigenvalue weighted by Crippen LogP contribution is -2.33. The zero-order valence-corrected chi connectivity index (χ0v) is 15.0. The normalized spacial score (nSPS) is 18.5. The van der Waals surface area contributed by atoms with E-state index in [4.69, 9.17) is 4.99 Å². The molecule has 132 valence electrons. The lowest BCUT2D eigenvalue weighted by atomic mass is 9.96. The maximum atomic E-state index is 14.3. The Morgan fingerprint density at radius 2 is 1.68 bits per heavy atom. The number of rotatable bonds is 4. The van der Waals surface area contributed by atoms with Crippen molar-refractivity contribution in [1.82, 2.24) is 4.72 Å². The van der Waals surface area contributed by atoms with Gasteiger partial charge in [0.05, 0.1) is 21.3 Å². The van der Waals surface area contributed by atoms with Crippen molar-refractivity contribution in [3.63, 3.8) is 0 Å². The Balaban J connectivity index is 1.97. The Labute approximate surface area is 149 Å². The third-order valence-electron chi connectivity index (χ3n) is 4.40. The summed E-state index contributed by atoms with van der Waals surface area (Å²) in [5.41, 5.74) is 0.334. The van der Waals surface area contributed by atoms with E-state index in [1.54, 1.807) is 30.3 Å². The van der Waals surface area contributed by atoms with Gasteiger partial charge in [-0.1, -0.05) is 49.6 Å². The minimum absolute atomic E-state index is 0.127. The van der Waals surface area contributed by atoms with Crippen LogP contribution in [0.15, 0.2) is 64.5 Å². The van der Waals surface area contributed by atoms with Gasteiger partial charge in [-0.05, 0) is 43.0 Å². The van der Waals surface area contributed by atoms with Crippen molar-refractivity contribution in [2.45, 2.75) is 43.0 Å². The second-order valence-electron chi connectivity index (χ2n) is 6.34. The van der Waals surface area contributed by atoms with E-state index in [0.717, 1.165) is 25.7 Å². The van der Waals surface area contributed by atoms with Gasteiger partial charge in [-0.15, -0.1) is 0 Å². The Bertz CT molecular complexity index is 841. The van der Waals surface area contributed by atoms with Gasteiger partial charge in [0, 0.05) is 4.90 Å². The molecule has 0 amide bonds. The molecule has 0 heterocycles. The first kappa shape index (κ1) is 17.7.